The van der Waals surface area contributed by atoms with E-state index < -0.39 is 9.53 Å². The monoisotopic (exact) mass is 251 g/mol. The van der Waals surface area contributed by atoms with Crippen LogP contribution in [0.3, 0.4) is 0 Å². The lowest BCUT2D eigenvalue weighted by atomic mass is 10.5. The Morgan fingerprint density at radius 2 is 1.12 bits per heavy atom. The lowest BCUT2D eigenvalue weighted by Gasteiger charge is -2.02. The summed E-state index contributed by atoms with van der Waals surface area (Å²) in [6, 6.07) is 0. The molecule has 2 rings (SSSR count). The number of hydrogen-bond donors (Lipinski definition) is 0. The Morgan fingerprint density at radius 1 is 0.812 bits per heavy atom. The van der Waals surface area contributed by atoms with Crippen LogP contribution in [0.15, 0.2) is 0 Å². The summed E-state index contributed by atoms with van der Waals surface area (Å²) in [6.45, 7) is 3.97. The number of ether oxygens (including phenoxy) is 3. The molecule has 2 aliphatic heterocycles. The lowest BCUT2D eigenvalue weighted by molar-refractivity contribution is -0.0102. The summed E-state index contributed by atoms with van der Waals surface area (Å²) in [6.07, 6.45) is 0.586. The molecule has 2 heterocycles. The van der Waals surface area contributed by atoms with Gasteiger partial charge in [-0.2, -0.15) is 0 Å². The summed E-state index contributed by atoms with van der Waals surface area (Å²) in [5, 5.41) is 0. The van der Waals surface area contributed by atoms with Gasteiger partial charge in [-0.15, -0.1) is 0 Å². The summed E-state index contributed by atoms with van der Waals surface area (Å²) >= 11 is 0. The molecule has 0 saturated carbocycles. The largest absolute Gasteiger partial charge is 0.576 e. The Balaban J connectivity index is 0.000000168. The number of rotatable bonds is 5. The van der Waals surface area contributed by atoms with E-state index in [0.717, 1.165) is 0 Å². The molecule has 2 fully saturated rings. The zero-order valence-corrected chi connectivity index (χ0v) is 11.3. The van der Waals surface area contributed by atoms with Crippen LogP contribution in [-0.2, 0) is 27.5 Å². The van der Waals surface area contributed by atoms with Gasteiger partial charge in [-0.1, -0.05) is 0 Å². The molecule has 95 valence electrons. The highest BCUT2D eigenvalue weighted by Gasteiger charge is 2.45. The predicted octanol–water partition coefficient (Wildman–Crippen LogP) is 0.403. The number of epoxide rings is 2. The van der Waals surface area contributed by atoms with E-state index in [0.29, 0.717) is 0 Å². The van der Waals surface area contributed by atoms with Crippen molar-refractivity contribution in [1.82, 2.24) is 0 Å². The minimum Gasteiger partial charge on any atom is -0.375 e. The Labute approximate surface area is 97.7 Å². The zero-order chi connectivity index (χ0) is 12.1. The van der Waals surface area contributed by atoms with Gasteiger partial charge in [0, 0.05) is 21.3 Å². The van der Waals surface area contributed by atoms with Crippen molar-refractivity contribution in [2.45, 2.75) is 38.6 Å². The molecule has 1 radical (unpaired) electrons. The normalized spacial score (nSPS) is 35.6. The van der Waals surface area contributed by atoms with Gasteiger partial charge in [-0.25, -0.2) is 0 Å². The fourth-order valence-corrected chi connectivity index (χ4v) is 1.50. The smallest absolute Gasteiger partial charge is 0.375 e. The second-order valence-electron chi connectivity index (χ2n) is 3.42. The van der Waals surface area contributed by atoms with Crippen LogP contribution in [0.1, 0.15) is 13.8 Å². The molecule has 0 bridgehead atoms. The molecule has 0 spiro atoms. The summed E-state index contributed by atoms with van der Waals surface area (Å²) < 4.78 is 29.4. The van der Waals surface area contributed by atoms with E-state index in [4.69, 9.17) is 27.5 Å². The van der Waals surface area contributed by atoms with E-state index in [1.807, 2.05) is 13.8 Å². The summed E-state index contributed by atoms with van der Waals surface area (Å²) in [5.74, 6) is 0. The first-order valence-corrected chi connectivity index (χ1v) is 6.30. The first-order chi connectivity index (χ1) is 7.62. The average Bonchev–Trinajstić information content (AvgIpc) is 3.14. The number of hydrogen-bond acceptors (Lipinski definition) is 6. The first-order valence-electron chi connectivity index (χ1n) is 5.07. The maximum atomic E-state index is 5.25. The Morgan fingerprint density at radius 3 is 1.25 bits per heavy atom. The second-order valence-corrected chi connectivity index (χ2v) is 5.14. The molecular weight excluding hydrogens is 232 g/mol. The Bertz CT molecular complexity index is 181. The van der Waals surface area contributed by atoms with Crippen LogP contribution in [-0.4, -0.2) is 55.6 Å². The standard InChI is InChI=1S/C6H10O3.C3H9O3Si/c1-3-5(7-3)9-6-4(2)8-6;1-4-7(5-2)6-3/h3-6H,1-2H3;1-3H3. The van der Waals surface area contributed by atoms with Crippen molar-refractivity contribution >= 4 is 9.53 Å². The highest BCUT2D eigenvalue weighted by atomic mass is 28.3. The van der Waals surface area contributed by atoms with Crippen LogP contribution >= 0.6 is 0 Å². The summed E-state index contributed by atoms with van der Waals surface area (Å²) in [5.41, 5.74) is 0. The molecule has 16 heavy (non-hydrogen) atoms. The molecule has 7 heteroatoms. The molecule has 4 unspecified atom stereocenters. The van der Waals surface area contributed by atoms with Crippen LogP contribution in [0.2, 0.25) is 0 Å². The van der Waals surface area contributed by atoms with Gasteiger partial charge in [-0.05, 0) is 13.8 Å². The third-order valence-corrected chi connectivity index (χ3v) is 3.08. The lowest BCUT2D eigenvalue weighted by Crippen LogP contribution is -2.21. The molecule has 0 amide bonds. The van der Waals surface area contributed by atoms with Crippen LogP contribution in [0.5, 0.6) is 0 Å². The highest BCUT2D eigenvalue weighted by Crippen LogP contribution is 2.31. The van der Waals surface area contributed by atoms with Crippen molar-refractivity contribution in [1.29, 1.82) is 0 Å². The second kappa shape index (κ2) is 6.65. The molecule has 0 aromatic heterocycles. The minimum absolute atomic E-state index is 0.0138. The van der Waals surface area contributed by atoms with Crippen molar-refractivity contribution in [3.8, 4) is 0 Å². The van der Waals surface area contributed by atoms with Crippen molar-refractivity contribution in [2.24, 2.45) is 0 Å². The topological polar surface area (TPSA) is 62.0 Å². The Kier molecular flexibility index (Phi) is 5.83. The van der Waals surface area contributed by atoms with Crippen LogP contribution in [0.25, 0.3) is 0 Å². The summed E-state index contributed by atoms with van der Waals surface area (Å²) in [7, 11) is 3.31. The maximum absolute atomic E-state index is 5.25. The third kappa shape index (κ3) is 4.87. The Hall–Kier alpha value is -0.0231. The third-order valence-electron chi connectivity index (χ3n) is 2.08. The van der Waals surface area contributed by atoms with E-state index in [1.54, 1.807) is 21.3 Å². The van der Waals surface area contributed by atoms with Crippen molar-refractivity contribution in [2.75, 3.05) is 21.3 Å². The van der Waals surface area contributed by atoms with Crippen LogP contribution in [0, 0.1) is 0 Å². The van der Waals surface area contributed by atoms with Gasteiger partial charge in [0.1, 0.15) is 12.2 Å². The highest BCUT2D eigenvalue weighted by molar-refractivity contribution is 6.36. The minimum atomic E-state index is -1.36. The van der Waals surface area contributed by atoms with Gasteiger partial charge in [0.15, 0.2) is 12.6 Å². The molecule has 6 nitrogen and oxygen atoms in total. The van der Waals surface area contributed by atoms with Gasteiger partial charge in [-0.3, -0.25) is 0 Å². The molecule has 2 saturated heterocycles. The molecule has 4 atom stereocenters. The van der Waals surface area contributed by atoms with Gasteiger partial charge >= 0.3 is 9.53 Å². The van der Waals surface area contributed by atoms with E-state index in [2.05, 4.69) is 0 Å². The van der Waals surface area contributed by atoms with Crippen molar-refractivity contribution < 1.29 is 27.5 Å². The SMILES string of the molecule is CC1OC1OC1OC1C.CO[Si](OC)OC. The zero-order valence-electron chi connectivity index (χ0n) is 10.3. The van der Waals surface area contributed by atoms with E-state index in [1.165, 1.54) is 0 Å². The summed E-state index contributed by atoms with van der Waals surface area (Å²) in [4.78, 5) is 0. The predicted molar refractivity (Wildman–Crippen MR) is 56.5 cm³/mol. The van der Waals surface area contributed by atoms with Gasteiger partial charge in [0.25, 0.3) is 0 Å². The molecule has 0 aromatic carbocycles. The molecule has 0 N–H and O–H groups in total. The fraction of sp³-hybridized carbons (Fsp3) is 1.00. The maximum Gasteiger partial charge on any atom is 0.576 e. The average molecular weight is 251 g/mol. The molecule has 0 aliphatic carbocycles. The quantitative estimate of drug-likeness (QED) is 0.521. The van der Waals surface area contributed by atoms with Gasteiger partial charge in [0.05, 0.1) is 0 Å². The van der Waals surface area contributed by atoms with Crippen LogP contribution in [0.4, 0.5) is 0 Å². The molecule has 2 aliphatic rings. The first kappa shape index (κ1) is 14.0. The molecular formula is C9H19O6Si. The van der Waals surface area contributed by atoms with Gasteiger partial charge < -0.3 is 27.5 Å². The van der Waals surface area contributed by atoms with E-state index >= 15 is 0 Å². The van der Waals surface area contributed by atoms with Crippen molar-refractivity contribution in [3.63, 3.8) is 0 Å². The molecule has 0 aromatic rings. The van der Waals surface area contributed by atoms with E-state index in [9.17, 15) is 0 Å². The fourth-order valence-electron chi connectivity index (χ4n) is 1.00. The van der Waals surface area contributed by atoms with Crippen LogP contribution < -0.4 is 0 Å². The van der Waals surface area contributed by atoms with Gasteiger partial charge in [0.2, 0.25) is 0 Å². The van der Waals surface area contributed by atoms with Crippen molar-refractivity contribution in [3.05, 3.63) is 0 Å². The van der Waals surface area contributed by atoms with E-state index in [-0.39, 0.29) is 24.8 Å².